The predicted octanol–water partition coefficient (Wildman–Crippen LogP) is 3.15. The number of hydrazine groups is 1. The predicted molar refractivity (Wildman–Crippen MR) is 77.4 cm³/mol. The van der Waals surface area contributed by atoms with Crippen molar-refractivity contribution in [2.75, 3.05) is 19.6 Å². The highest BCUT2D eigenvalue weighted by molar-refractivity contribution is 9.10. The molecule has 1 aromatic heterocycles. The number of thiophene rings is 1. The molecule has 96 valence electrons. The maximum Gasteiger partial charge on any atom is 0.107 e. The van der Waals surface area contributed by atoms with Crippen LogP contribution in [0, 0.1) is 0 Å². The molecule has 1 aliphatic rings. The van der Waals surface area contributed by atoms with Gasteiger partial charge in [-0.1, -0.05) is 18.0 Å². The highest BCUT2D eigenvalue weighted by Gasteiger charge is 2.18. The molecule has 1 fully saturated rings. The fourth-order valence-corrected chi connectivity index (χ4v) is 3.81. The molecule has 0 aromatic carbocycles. The molecule has 0 bridgehead atoms. The number of nitrogens with zero attached hydrogens (tertiary/aromatic N) is 1. The minimum absolute atomic E-state index is 0.168. The molecule has 1 aromatic rings. The first kappa shape index (κ1) is 13.8. The van der Waals surface area contributed by atoms with Crippen molar-refractivity contribution in [3.63, 3.8) is 0 Å². The zero-order valence-electron chi connectivity index (χ0n) is 9.59. The van der Waals surface area contributed by atoms with Crippen LogP contribution in [0.3, 0.4) is 0 Å². The lowest BCUT2D eigenvalue weighted by Gasteiger charge is -2.30. The van der Waals surface area contributed by atoms with Gasteiger partial charge in [-0.2, -0.15) is 0 Å². The summed E-state index contributed by atoms with van der Waals surface area (Å²) in [4.78, 5) is 1.19. The Balaban J connectivity index is 2.00. The second-order valence-corrected chi connectivity index (χ2v) is 6.78. The maximum atomic E-state index is 6.06. The zero-order chi connectivity index (χ0) is 12.3. The van der Waals surface area contributed by atoms with Gasteiger partial charge in [0.1, 0.15) is 4.34 Å². The van der Waals surface area contributed by atoms with Crippen LogP contribution in [0.1, 0.15) is 30.2 Å². The Morgan fingerprint density at radius 2 is 2.18 bits per heavy atom. The van der Waals surface area contributed by atoms with E-state index in [1.807, 2.05) is 0 Å². The van der Waals surface area contributed by atoms with Gasteiger partial charge in [0.25, 0.3) is 0 Å². The van der Waals surface area contributed by atoms with Crippen LogP contribution in [0.15, 0.2) is 10.5 Å². The third kappa shape index (κ3) is 3.66. The number of halogens is 2. The van der Waals surface area contributed by atoms with Crippen LogP contribution in [-0.4, -0.2) is 24.6 Å². The highest BCUT2D eigenvalue weighted by atomic mass is 79.9. The molecule has 6 heteroatoms. The lowest BCUT2D eigenvalue weighted by molar-refractivity contribution is 0.131. The van der Waals surface area contributed by atoms with Gasteiger partial charge in [0.2, 0.25) is 0 Å². The summed E-state index contributed by atoms with van der Waals surface area (Å²) in [5, 5.41) is 2.28. The van der Waals surface area contributed by atoms with Gasteiger partial charge < -0.3 is 5.73 Å². The Labute approximate surface area is 119 Å². The van der Waals surface area contributed by atoms with E-state index in [9.17, 15) is 0 Å². The molecule has 1 saturated heterocycles. The Bertz CT molecular complexity index is 346. The second kappa shape index (κ2) is 6.50. The van der Waals surface area contributed by atoms with E-state index in [4.69, 9.17) is 17.3 Å². The van der Waals surface area contributed by atoms with Crippen molar-refractivity contribution < 1.29 is 0 Å². The van der Waals surface area contributed by atoms with Crippen LogP contribution < -0.4 is 11.2 Å². The molecule has 0 saturated carbocycles. The van der Waals surface area contributed by atoms with Crippen molar-refractivity contribution in [2.24, 2.45) is 5.73 Å². The fraction of sp³-hybridized carbons (Fsp3) is 0.636. The molecular weight excluding hydrogens is 322 g/mol. The van der Waals surface area contributed by atoms with Crippen molar-refractivity contribution in [2.45, 2.75) is 25.3 Å². The molecule has 3 nitrogen and oxygen atoms in total. The number of nitrogens with two attached hydrogens (primary N) is 1. The first-order valence-corrected chi connectivity index (χ1v) is 7.85. The number of hydrogen-bond donors (Lipinski definition) is 2. The van der Waals surface area contributed by atoms with Crippen LogP contribution in [0.2, 0.25) is 4.34 Å². The summed E-state index contributed by atoms with van der Waals surface area (Å²) in [7, 11) is 0. The Kier molecular flexibility index (Phi) is 5.26. The van der Waals surface area contributed by atoms with Crippen LogP contribution in [0.5, 0.6) is 0 Å². The third-order valence-electron chi connectivity index (χ3n) is 2.94. The SMILES string of the molecule is NCC(NN1CCCCC1)c1cc(Br)c(Cl)s1. The number of rotatable bonds is 4. The van der Waals surface area contributed by atoms with Crippen LogP contribution in [0.25, 0.3) is 0 Å². The Morgan fingerprint density at radius 3 is 2.71 bits per heavy atom. The monoisotopic (exact) mass is 337 g/mol. The van der Waals surface area contributed by atoms with Crippen LogP contribution >= 0.6 is 38.9 Å². The van der Waals surface area contributed by atoms with Crippen molar-refractivity contribution >= 4 is 38.9 Å². The lowest BCUT2D eigenvalue weighted by Crippen LogP contribution is -2.45. The molecule has 17 heavy (non-hydrogen) atoms. The van der Waals surface area contributed by atoms with Crippen molar-refractivity contribution in [1.29, 1.82) is 0 Å². The molecule has 2 heterocycles. The lowest BCUT2D eigenvalue weighted by atomic mass is 10.1. The van der Waals surface area contributed by atoms with Crippen molar-refractivity contribution in [3.8, 4) is 0 Å². The third-order valence-corrected chi connectivity index (χ3v) is 5.53. The van der Waals surface area contributed by atoms with E-state index in [1.54, 1.807) is 11.3 Å². The minimum Gasteiger partial charge on any atom is -0.329 e. The molecule has 0 amide bonds. The van der Waals surface area contributed by atoms with E-state index >= 15 is 0 Å². The fourth-order valence-electron chi connectivity index (χ4n) is 2.01. The first-order valence-electron chi connectivity index (χ1n) is 5.86. The summed E-state index contributed by atoms with van der Waals surface area (Å²) in [6, 6.07) is 2.23. The van der Waals surface area contributed by atoms with Gasteiger partial charge in [-0.25, -0.2) is 10.4 Å². The summed E-state index contributed by atoms with van der Waals surface area (Å²) in [6.07, 6.45) is 3.86. The molecule has 0 spiro atoms. The normalized spacial score (nSPS) is 19.5. The van der Waals surface area contributed by atoms with Crippen molar-refractivity contribution in [3.05, 3.63) is 19.8 Å². The van der Waals surface area contributed by atoms with E-state index in [0.29, 0.717) is 6.54 Å². The van der Waals surface area contributed by atoms with E-state index in [-0.39, 0.29) is 6.04 Å². The largest absolute Gasteiger partial charge is 0.329 e. The Morgan fingerprint density at radius 1 is 1.47 bits per heavy atom. The van der Waals surface area contributed by atoms with Crippen LogP contribution in [0.4, 0.5) is 0 Å². The standard InChI is InChI=1S/C11H17BrClN3S/c12-8-6-10(17-11(8)13)9(7-14)15-16-4-2-1-3-5-16/h6,9,15H,1-5,7,14H2. The highest BCUT2D eigenvalue weighted by Crippen LogP contribution is 2.35. The number of nitrogens with one attached hydrogen (secondary N) is 1. The molecule has 2 rings (SSSR count). The van der Waals surface area contributed by atoms with Gasteiger partial charge in [-0.05, 0) is 34.8 Å². The van der Waals surface area contributed by atoms with Crippen molar-refractivity contribution in [1.82, 2.24) is 10.4 Å². The zero-order valence-corrected chi connectivity index (χ0v) is 12.7. The van der Waals surface area contributed by atoms with Gasteiger partial charge in [0.05, 0.1) is 6.04 Å². The first-order chi connectivity index (χ1) is 8.20. The maximum absolute atomic E-state index is 6.06. The summed E-state index contributed by atoms with van der Waals surface area (Å²) in [5.74, 6) is 0. The van der Waals surface area contributed by atoms with E-state index in [0.717, 1.165) is 21.9 Å². The van der Waals surface area contributed by atoms with Gasteiger partial charge in [-0.3, -0.25) is 0 Å². The van der Waals surface area contributed by atoms with Gasteiger partial charge in [-0.15, -0.1) is 11.3 Å². The molecule has 0 radical (unpaired) electrons. The van der Waals surface area contributed by atoms with E-state index in [2.05, 4.69) is 32.4 Å². The van der Waals surface area contributed by atoms with Gasteiger partial charge in [0.15, 0.2) is 0 Å². The van der Waals surface area contributed by atoms with E-state index < -0.39 is 0 Å². The molecule has 0 aliphatic carbocycles. The molecule has 1 aliphatic heterocycles. The molecule has 1 atom stereocenters. The quantitative estimate of drug-likeness (QED) is 0.886. The van der Waals surface area contributed by atoms with E-state index in [1.165, 1.54) is 24.1 Å². The second-order valence-electron chi connectivity index (χ2n) is 4.24. The molecular formula is C11H17BrClN3S. The average Bonchev–Trinajstić information content (AvgIpc) is 2.68. The summed E-state index contributed by atoms with van der Waals surface area (Å²) in [5.41, 5.74) is 9.34. The Hall–Kier alpha value is 0.350. The number of piperidine rings is 1. The van der Waals surface area contributed by atoms with Crippen LogP contribution in [-0.2, 0) is 0 Å². The summed E-state index contributed by atoms with van der Waals surface area (Å²) >= 11 is 11.1. The smallest absolute Gasteiger partial charge is 0.107 e. The average molecular weight is 339 g/mol. The molecule has 3 N–H and O–H groups in total. The minimum atomic E-state index is 0.168. The van der Waals surface area contributed by atoms with Gasteiger partial charge in [0, 0.05) is 29.0 Å². The number of hydrogen-bond acceptors (Lipinski definition) is 4. The summed E-state index contributed by atoms with van der Waals surface area (Å²) in [6.45, 7) is 2.80. The topological polar surface area (TPSA) is 41.3 Å². The summed E-state index contributed by atoms with van der Waals surface area (Å²) < 4.78 is 1.75. The van der Waals surface area contributed by atoms with Gasteiger partial charge >= 0.3 is 0 Å². The molecule has 1 unspecified atom stereocenters.